The van der Waals surface area contributed by atoms with Crippen molar-refractivity contribution in [2.45, 2.75) is 116 Å². The minimum Gasteiger partial charge on any atom is -0.480 e. The number of aromatic amines is 1. The standard InChI is InChI=1S/C25H44N4O4/c1-2-3-4-5-6-7-8-9-10-11-12-13-14-15-23(30)27-17-16-24(31)29-22(25(32)33)18-21-19-26-20-28-21/h19-20,22H,2-18H2,1H3,(H,26,28)(H,27,30)(H,29,31)(H,32,33)/t22-/m0/s1. The monoisotopic (exact) mass is 464 g/mol. The SMILES string of the molecule is CCCCCCCCCCCCCCCC(=O)NCCC(=O)N[C@@H](Cc1cnc[nH]1)C(=O)O. The van der Waals surface area contributed by atoms with Crippen LogP contribution in [0.5, 0.6) is 0 Å². The fourth-order valence-electron chi connectivity index (χ4n) is 3.79. The number of imidazole rings is 1. The summed E-state index contributed by atoms with van der Waals surface area (Å²) in [6.45, 7) is 2.46. The van der Waals surface area contributed by atoms with Gasteiger partial charge in [-0.1, -0.05) is 84.0 Å². The average molecular weight is 465 g/mol. The number of aliphatic carboxylic acids is 1. The molecule has 8 nitrogen and oxygen atoms in total. The number of hydrogen-bond donors (Lipinski definition) is 4. The molecular formula is C25H44N4O4. The molecule has 0 saturated carbocycles. The summed E-state index contributed by atoms with van der Waals surface area (Å²) in [7, 11) is 0. The molecule has 0 unspecified atom stereocenters. The molecule has 1 heterocycles. The first kappa shape index (κ1) is 28.7. The minimum absolute atomic E-state index is 0.0527. The number of carbonyl (C=O) groups is 3. The zero-order valence-corrected chi connectivity index (χ0v) is 20.4. The van der Waals surface area contributed by atoms with E-state index in [0.29, 0.717) is 12.1 Å². The van der Waals surface area contributed by atoms with Gasteiger partial charge in [0.05, 0.1) is 6.33 Å². The van der Waals surface area contributed by atoms with E-state index in [1.807, 2.05) is 0 Å². The van der Waals surface area contributed by atoms with E-state index in [1.165, 1.54) is 83.2 Å². The molecule has 1 rings (SSSR count). The van der Waals surface area contributed by atoms with Crippen LogP contribution in [-0.2, 0) is 20.8 Å². The maximum Gasteiger partial charge on any atom is 0.326 e. The first-order valence-corrected chi connectivity index (χ1v) is 12.8. The summed E-state index contributed by atoms with van der Waals surface area (Å²) < 4.78 is 0. The van der Waals surface area contributed by atoms with E-state index in [4.69, 9.17) is 0 Å². The van der Waals surface area contributed by atoms with Gasteiger partial charge >= 0.3 is 5.97 Å². The van der Waals surface area contributed by atoms with Gasteiger partial charge in [-0.2, -0.15) is 0 Å². The van der Waals surface area contributed by atoms with Crippen LogP contribution in [0.15, 0.2) is 12.5 Å². The van der Waals surface area contributed by atoms with Crippen molar-refractivity contribution in [1.29, 1.82) is 0 Å². The van der Waals surface area contributed by atoms with E-state index >= 15 is 0 Å². The van der Waals surface area contributed by atoms with E-state index in [0.717, 1.165) is 12.8 Å². The summed E-state index contributed by atoms with van der Waals surface area (Å²) >= 11 is 0. The van der Waals surface area contributed by atoms with E-state index in [1.54, 1.807) is 0 Å². The van der Waals surface area contributed by atoms with Crippen molar-refractivity contribution in [3.8, 4) is 0 Å². The number of H-pyrrole nitrogens is 1. The maximum atomic E-state index is 12.0. The zero-order chi connectivity index (χ0) is 24.2. The lowest BCUT2D eigenvalue weighted by Crippen LogP contribution is -2.43. The first-order valence-electron chi connectivity index (χ1n) is 12.8. The van der Waals surface area contributed by atoms with Crippen LogP contribution in [-0.4, -0.2) is 45.4 Å². The Balaban J connectivity index is 1.96. The van der Waals surface area contributed by atoms with E-state index in [2.05, 4.69) is 27.5 Å². The number of nitrogens with one attached hydrogen (secondary N) is 3. The lowest BCUT2D eigenvalue weighted by atomic mass is 10.0. The molecule has 1 aromatic rings. The minimum atomic E-state index is -1.11. The molecule has 2 amide bonds. The predicted octanol–water partition coefficient (Wildman–Crippen LogP) is 4.51. The molecule has 0 aliphatic carbocycles. The molecule has 1 aromatic heterocycles. The smallest absolute Gasteiger partial charge is 0.326 e. The van der Waals surface area contributed by atoms with E-state index < -0.39 is 17.9 Å². The number of carboxylic acids is 1. The van der Waals surface area contributed by atoms with Gasteiger partial charge in [-0.15, -0.1) is 0 Å². The molecular weight excluding hydrogens is 420 g/mol. The highest BCUT2D eigenvalue weighted by molar-refractivity contribution is 5.84. The van der Waals surface area contributed by atoms with E-state index in [-0.39, 0.29) is 25.3 Å². The van der Waals surface area contributed by atoms with Crippen molar-refractivity contribution < 1.29 is 19.5 Å². The van der Waals surface area contributed by atoms with Crippen molar-refractivity contribution >= 4 is 17.8 Å². The number of amides is 2. The number of hydrogen-bond acceptors (Lipinski definition) is 4. The third-order valence-corrected chi connectivity index (χ3v) is 5.79. The Morgan fingerprint density at radius 2 is 1.45 bits per heavy atom. The van der Waals surface area contributed by atoms with Gasteiger partial charge in [0, 0.05) is 37.7 Å². The molecule has 1 atom stereocenters. The van der Waals surface area contributed by atoms with Crippen molar-refractivity contribution in [3.63, 3.8) is 0 Å². The first-order chi connectivity index (χ1) is 16.0. The maximum absolute atomic E-state index is 12.0. The third-order valence-electron chi connectivity index (χ3n) is 5.79. The molecule has 0 aliphatic heterocycles. The highest BCUT2D eigenvalue weighted by Gasteiger charge is 2.20. The average Bonchev–Trinajstić information content (AvgIpc) is 3.29. The molecule has 0 radical (unpaired) electrons. The fraction of sp³-hybridized carbons (Fsp3) is 0.760. The van der Waals surface area contributed by atoms with Crippen LogP contribution in [0.25, 0.3) is 0 Å². The fourth-order valence-corrected chi connectivity index (χ4v) is 3.79. The third kappa shape index (κ3) is 16.0. The molecule has 188 valence electrons. The summed E-state index contributed by atoms with van der Waals surface area (Å²) in [5, 5.41) is 14.5. The van der Waals surface area contributed by atoms with Gasteiger partial charge in [0.25, 0.3) is 0 Å². The Morgan fingerprint density at radius 1 is 0.879 bits per heavy atom. The van der Waals surface area contributed by atoms with Gasteiger partial charge in [0.1, 0.15) is 6.04 Å². The Morgan fingerprint density at radius 3 is 1.97 bits per heavy atom. The number of carbonyl (C=O) groups excluding carboxylic acids is 2. The van der Waals surface area contributed by atoms with Gasteiger partial charge in [0.2, 0.25) is 11.8 Å². The lowest BCUT2D eigenvalue weighted by Gasteiger charge is -2.13. The van der Waals surface area contributed by atoms with Gasteiger partial charge in [-0.05, 0) is 6.42 Å². The largest absolute Gasteiger partial charge is 0.480 e. The van der Waals surface area contributed by atoms with Crippen molar-refractivity contribution in [1.82, 2.24) is 20.6 Å². The Hall–Kier alpha value is -2.38. The quantitative estimate of drug-likeness (QED) is 0.199. The van der Waals surface area contributed by atoms with Gasteiger partial charge < -0.3 is 20.7 Å². The normalized spacial score (nSPS) is 11.8. The topological polar surface area (TPSA) is 124 Å². The van der Waals surface area contributed by atoms with Crippen LogP contribution in [0.2, 0.25) is 0 Å². The molecule has 33 heavy (non-hydrogen) atoms. The van der Waals surface area contributed by atoms with Gasteiger partial charge in [-0.3, -0.25) is 9.59 Å². The second-order valence-electron chi connectivity index (χ2n) is 8.83. The summed E-state index contributed by atoms with van der Waals surface area (Å²) in [4.78, 5) is 41.9. The van der Waals surface area contributed by atoms with E-state index in [9.17, 15) is 19.5 Å². The molecule has 0 saturated heterocycles. The number of rotatable bonds is 21. The highest BCUT2D eigenvalue weighted by Crippen LogP contribution is 2.12. The molecule has 8 heteroatoms. The Labute approximate surface area is 198 Å². The number of aromatic nitrogens is 2. The van der Waals surface area contributed by atoms with Crippen molar-refractivity contribution in [2.24, 2.45) is 0 Å². The Bertz CT molecular complexity index is 649. The molecule has 4 N–H and O–H groups in total. The number of nitrogens with zero attached hydrogens (tertiary/aromatic N) is 1. The number of unbranched alkanes of at least 4 members (excludes halogenated alkanes) is 12. The van der Waals surface area contributed by atoms with Gasteiger partial charge in [-0.25, -0.2) is 9.78 Å². The zero-order valence-electron chi connectivity index (χ0n) is 20.4. The van der Waals surface area contributed by atoms with Crippen LogP contribution in [0.1, 0.15) is 109 Å². The van der Waals surface area contributed by atoms with Crippen LogP contribution < -0.4 is 10.6 Å². The second kappa shape index (κ2) is 19.1. The summed E-state index contributed by atoms with van der Waals surface area (Å²) in [6, 6.07) is -1.03. The van der Waals surface area contributed by atoms with Crippen molar-refractivity contribution in [3.05, 3.63) is 18.2 Å². The molecule has 0 bridgehead atoms. The predicted molar refractivity (Wildman–Crippen MR) is 130 cm³/mol. The van der Waals surface area contributed by atoms with Crippen molar-refractivity contribution in [2.75, 3.05) is 6.54 Å². The van der Waals surface area contributed by atoms with Crippen LogP contribution in [0.4, 0.5) is 0 Å². The van der Waals surface area contributed by atoms with Crippen LogP contribution in [0.3, 0.4) is 0 Å². The second-order valence-corrected chi connectivity index (χ2v) is 8.83. The highest BCUT2D eigenvalue weighted by atomic mass is 16.4. The Kier molecular flexibility index (Phi) is 16.6. The van der Waals surface area contributed by atoms with Gasteiger partial charge in [0.15, 0.2) is 0 Å². The van der Waals surface area contributed by atoms with Crippen LogP contribution >= 0.6 is 0 Å². The number of carboxylic acid groups (broad SMARTS) is 1. The summed E-state index contributed by atoms with van der Waals surface area (Å²) in [5.74, 6) is -1.56. The molecule has 0 aromatic carbocycles. The lowest BCUT2D eigenvalue weighted by molar-refractivity contribution is -0.141. The molecule has 0 fully saturated rings. The summed E-state index contributed by atoms with van der Waals surface area (Å²) in [6.07, 6.45) is 20.1. The molecule has 0 aliphatic rings. The van der Waals surface area contributed by atoms with Crippen LogP contribution in [0, 0.1) is 0 Å². The molecule has 0 spiro atoms. The summed E-state index contributed by atoms with van der Waals surface area (Å²) in [5.41, 5.74) is 0.633.